The summed E-state index contributed by atoms with van der Waals surface area (Å²) in [7, 11) is 0. The topological polar surface area (TPSA) is 83.8 Å². The lowest BCUT2D eigenvalue weighted by Gasteiger charge is -2.20. The van der Waals surface area contributed by atoms with E-state index in [0.29, 0.717) is 22.0 Å². The minimum Gasteiger partial charge on any atom is -0.462 e. The second kappa shape index (κ2) is 8.79. The van der Waals surface area contributed by atoms with Gasteiger partial charge in [0.2, 0.25) is 11.7 Å². The van der Waals surface area contributed by atoms with Gasteiger partial charge >= 0.3 is 6.18 Å². The number of halogens is 3. The van der Waals surface area contributed by atoms with Crippen molar-refractivity contribution in [1.29, 1.82) is 0 Å². The molecule has 1 amide bonds. The van der Waals surface area contributed by atoms with Crippen molar-refractivity contribution in [2.45, 2.75) is 18.6 Å². The number of carbonyl (C=O) groups is 1. The molecule has 0 fully saturated rings. The summed E-state index contributed by atoms with van der Waals surface area (Å²) in [5.41, 5.74) is 2.45. The summed E-state index contributed by atoms with van der Waals surface area (Å²) in [6.45, 7) is 0. The number of aromatic nitrogens is 3. The molecule has 172 valence electrons. The van der Waals surface area contributed by atoms with Crippen LogP contribution in [-0.4, -0.2) is 20.9 Å². The van der Waals surface area contributed by atoms with E-state index in [0.717, 1.165) is 5.56 Å². The molecule has 0 saturated heterocycles. The third kappa shape index (κ3) is 4.58. The molecule has 1 unspecified atom stereocenters. The quantitative estimate of drug-likeness (QED) is 0.323. The van der Waals surface area contributed by atoms with E-state index < -0.39 is 18.0 Å². The second-order valence-electron chi connectivity index (χ2n) is 7.57. The highest BCUT2D eigenvalue weighted by molar-refractivity contribution is 7.13. The number of carbonyl (C=O) groups excluding carboxylic acids is 1. The Kier molecular flexibility index (Phi) is 5.66. The Morgan fingerprint density at radius 3 is 2.62 bits per heavy atom. The monoisotopic (exact) mass is 482 g/mol. The first-order chi connectivity index (χ1) is 16.4. The molecule has 0 saturated carbocycles. The minimum absolute atomic E-state index is 0.0467. The van der Waals surface area contributed by atoms with Gasteiger partial charge in [-0.2, -0.15) is 13.2 Å². The van der Waals surface area contributed by atoms with Crippen LogP contribution in [0, 0.1) is 0 Å². The lowest BCUT2D eigenvalue weighted by atomic mass is 9.98. The summed E-state index contributed by atoms with van der Waals surface area (Å²) >= 11 is 1.38. The molecule has 0 bridgehead atoms. The molecule has 3 heterocycles. The standard InChI is InChI=1S/C24H17F3N4O2S/c25-24(26,27)23-29-17-9-8-15(11-18(17)30-23)21(14-5-2-1-3-6-14)31-20(32)12-16-13-34-22(28-16)19-7-4-10-33-19/h1-11,13,21H,12H2,(H,29,30)(H,31,32). The predicted octanol–water partition coefficient (Wildman–Crippen LogP) is 5.75. The van der Waals surface area contributed by atoms with Gasteiger partial charge in [-0.3, -0.25) is 4.79 Å². The maximum Gasteiger partial charge on any atom is 0.449 e. The fraction of sp³-hybridized carbons (Fsp3) is 0.125. The molecule has 1 atom stereocenters. The Morgan fingerprint density at radius 2 is 1.88 bits per heavy atom. The molecule has 0 aliphatic carbocycles. The molecule has 3 aromatic heterocycles. The molecule has 10 heteroatoms. The Labute approximate surface area is 195 Å². The fourth-order valence-electron chi connectivity index (χ4n) is 3.62. The minimum atomic E-state index is -4.58. The Balaban J connectivity index is 1.41. The van der Waals surface area contributed by atoms with Crippen LogP contribution in [0.2, 0.25) is 0 Å². The van der Waals surface area contributed by atoms with Gasteiger partial charge in [-0.05, 0) is 35.4 Å². The number of furan rings is 1. The smallest absolute Gasteiger partial charge is 0.449 e. The van der Waals surface area contributed by atoms with Crippen LogP contribution in [-0.2, 0) is 17.4 Å². The molecular formula is C24H17F3N4O2S. The second-order valence-corrected chi connectivity index (χ2v) is 8.43. The molecular weight excluding hydrogens is 465 g/mol. The van der Waals surface area contributed by atoms with E-state index in [1.54, 1.807) is 35.9 Å². The average molecular weight is 482 g/mol. The normalized spacial score (nSPS) is 12.7. The van der Waals surface area contributed by atoms with Gasteiger partial charge in [0.05, 0.1) is 35.5 Å². The Morgan fingerprint density at radius 1 is 1.06 bits per heavy atom. The van der Waals surface area contributed by atoms with Gasteiger partial charge in [-0.25, -0.2) is 9.97 Å². The van der Waals surface area contributed by atoms with Crippen molar-refractivity contribution in [3.05, 3.63) is 95.0 Å². The van der Waals surface area contributed by atoms with E-state index >= 15 is 0 Å². The maximum atomic E-state index is 13.1. The summed E-state index contributed by atoms with van der Waals surface area (Å²) in [6.07, 6.45) is -2.97. The van der Waals surface area contributed by atoms with Crippen molar-refractivity contribution in [2.75, 3.05) is 0 Å². The third-order valence-corrected chi connectivity index (χ3v) is 6.08. The summed E-state index contributed by atoms with van der Waals surface area (Å²) in [5, 5.41) is 5.46. The number of hydrogen-bond donors (Lipinski definition) is 2. The first kappa shape index (κ1) is 21.9. The lowest BCUT2D eigenvalue weighted by Crippen LogP contribution is -2.30. The van der Waals surface area contributed by atoms with Crippen molar-refractivity contribution in [3.63, 3.8) is 0 Å². The first-order valence-electron chi connectivity index (χ1n) is 10.3. The lowest BCUT2D eigenvalue weighted by molar-refractivity contribution is -0.144. The average Bonchev–Trinajstić information content (AvgIpc) is 3.57. The number of hydrogen-bond acceptors (Lipinski definition) is 5. The van der Waals surface area contributed by atoms with Crippen LogP contribution in [0.5, 0.6) is 0 Å². The van der Waals surface area contributed by atoms with Gasteiger partial charge < -0.3 is 14.7 Å². The van der Waals surface area contributed by atoms with Crippen molar-refractivity contribution in [1.82, 2.24) is 20.3 Å². The summed E-state index contributed by atoms with van der Waals surface area (Å²) in [4.78, 5) is 23.3. The highest BCUT2D eigenvalue weighted by Gasteiger charge is 2.34. The molecule has 34 heavy (non-hydrogen) atoms. The van der Waals surface area contributed by atoms with Crippen LogP contribution in [0.1, 0.15) is 28.7 Å². The number of alkyl halides is 3. The van der Waals surface area contributed by atoms with E-state index in [4.69, 9.17) is 4.42 Å². The Bertz CT molecular complexity index is 1430. The van der Waals surface area contributed by atoms with Crippen molar-refractivity contribution in [2.24, 2.45) is 0 Å². The van der Waals surface area contributed by atoms with Crippen LogP contribution in [0.4, 0.5) is 13.2 Å². The number of amides is 1. The molecule has 0 radical (unpaired) electrons. The van der Waals surface area contributed by atoms with Crippen LogP contribution in [0.15, 0.2) is 76.7 Å². The van der Waals surface area contributed by atoms with E-state index in [1.165, 1.54) is 17.4 Å². The molecule has 0 spiro atoms. The molecule has 5 aromatic rings. The summed E-state index contributed by atoms with van der Waals surface area (Å²) in [5.74, 6) is -0.702. The van der Waals surface area contributed by atoms with Gasteiger partial charge in [0, 0.05) is 5.38 Å². The predicted molar refractivity (Wildman–Crippen MR) is 121 cm³/mol. The van der Waals surface area contributed by atoms with E-state index in [-0.39, 0.29) is 23.4 Å². The van der Waals surface area contributed by atoms with Crippen LogP contribution in [0.25, 0.3) is 21.8 Å². The third-order valence-electron chi connectivity index (χ3n) is 5.17. The van der Waals surface area contributed by atoms with Crippen molar-refractivity contribution in [3.8, 4) is 10.8 Å². The largest absolute Gasteiger partial charge is 0.462 e. The van der Waals surface area contributed by atoms with Gasteiger partial charge in [-0.1, -0.05) is 36.4 Å². The molecule has 6 nitrogen and oxygen atoms in total. The highest BCUT2D eigenvalue weighted by Crippen LogP contribution is 2.31. The van der Waals surface area contributed by atoms with Crippen LogP contribution < -0.4 is 5.32 Å². The number of benzene rings is 2. The number of aromatic amines is 1. The summed E-state index contributed by atoms with van der Waals surface area (Å²) in [6, 6.07) is 17.0. The molecule has 2 N–H and O–H groups in total. The molecule has 5 rings (SSSR count). The van der Waals surface area contributed by atoms with E-state index in [2.05, 4.69) is 20.3 Å². The van der Waals surface area contributed by atoms with Gasteiger partial charge in [-0.15, -0.1) is 11.3 Å². The maximum absolute atomic E-state index is 13.1. The number of nitrogens with one attached hydrogen (secondary N) is 2. The van der Waals surface area contributed by atoms with Gasteiger partial charge in [0.1, 0.15) is 0 Å². The van der Waals surface area contributed by atoms with Crippen molar-refractivity contribution >= 4 is 28.3 Å². The first-order valence-corrected chi connectivity index (χ1v) is 11.1. The highest BCUT2D eigenvalue weighted by atomic mass is 32.1. The zero-order valence-corrected chi connectivity index (χ0v) is 18.3. The zero-order chi connectivity index (χ0) is 23.7. The number of fused-ring (bicyclic) bond motifs is 1. The Hall–Kier alpha value is -3.92. The van der Waals surface area contributed by atoms with Gasteiger partial charge in [0.25, 0.3) is 0 Å². The van der Waals surface area contributed by atoms with E-state index in [9.17, 15) is 18.0 Å². The molecule has 0 aliphatic rings. The van der Waals surface area contributed by atoms with E-state index in [1.807, 2.05) is 30.3 Å². The number of rotatable bonds is 6. The SMILES string of the molecule is O=C(Cc1csc(-c2ccco2)n1)NC(c1ccccc1)c1ccc2nc(C(F)(F)F)[nH]c2c1. The molecule has 0 aliphatic heterocycles. The van der Waals surface area contributed by atoms with Crippen molar-refractivity contribution < 1.29 is 22.4 Å². The van der Waals surface area contributed by atoms with Gasteiger partial charge in [0.15, 0.2) is 10.8 Å². The number of H-pyrrole nitrogens is 1. The number of imidazole rings is 1. The number of nitrogens with zero attached hydrogens (tertiary/aromatic N) is 2. The van der Waals surface area contributed by atoms with Crippen LogP contribution in [0.3, 0.4) is 0 Å². The zero-order valence-electron chi connectivity index (χ0n) is 17.5. The molecule has 2 aromatic carbocycles. The summed E-state index contributed by atoms with van der Waals surface area (Å²) < 4.78 is 44.5. The fourth-order valence-corrected chi connectivity index (χ4v) is 4.41. The van der Waals surface area contributed by atoms with Crippen LogP contribution >= 0.6 is 11.3 Å². The number of thiazole rings is 1.